The molecule has 0 saturated carbocycles. The molecule has 10 heteroatoms. The van der Waals surface area contributed by atoms with E-state index in [4.69, 9.17) is 11.6 Å². The highest BCUT2D eigenvalue weighted by Crippen LogP contribution is 2.18. The van der Waals surface area contributed by atoms with E-state index in [-0.39, 0.29) is 24.0 Å². The summed E-state index contributed by atoms with van der Waals surface area (Å²) in [6, 6.07) is 3.75. The van der Waals surface area contributed by atoms with E-state index in [1.54, 1.807) is 23.6 Å². The highest BCUT2D eigenvalue weighted by Gasteiger charge is 2.24. The van der Waals surface area contributed by atoms with Crippen molar-refractivity contribution in [1.82, 2.24) is 19.9 Å². The van der Waals surface area contributed by atoms with Gasteiger partial charge >= 0.3 is 0 Å². The molecule has 1 aliphatic rings. The fraction of sp³-hybridized carbons (Fsp3) is 0.625. The number of pyridine rings is 1. The van der Waals surface area contributed by atoms with Gasteiger partial charge in [0.05, 0.1) is 6.26 Å². The van der Waals surface area contributed by atoms with Crippen molar-refractivity contribution in [3.05, 3.63) is 29.0 Å². The lowest BCUT2D eigenvalue weighted by Crippen LogP contribution is -2.44. The lowest BCUT2D eigenvalue weighted by atomic mass is 9.98. The highest BCUT2D eigenvalue weighted by molar-refractivity contribution is 14.0. The smallest absolute Gasteiger partial charge is 0.211 e. The van der Waals surface area contributed by atoms with Crippen LogP contribution in [-0.2, 0) is 16.4 Å². The predicted octanol–water partition coefficient (Wildman–Crippen LogP) is 1.73. The number of piperidine rings is 1. The van der Waals surface area contributed by atoms with E-state index in [2.05, 4.69) is 20.6 Å². The fourth-order valence-electron chi connectivity index (χ4n) is 2.79. The Morgan fingerprint density at radius 2 is 2.04 bits per heavy atom. The van der Waals surface area contributed by atoms with Gasteiger partial charge in [0.2, 0.25) is 10.0 Å². The number of aromatic nitrogens is 1. The molecule has 148 valence electrons. The lowest BCUT2D eigenvalue weighted by Gasteiger charge is -2.30. The Labute approximate surface area is 178 Å². The molecule has 0 unspecified atom stereocenters. The molecule has 2 rings (SSSR count). The molecule has 1 aromatic rings. The maximum Gasteiger partial charge on any atom is 0.211 e. The molecule has 1 fully saturated rings. The Bertz CT molecular complexity index is 676. The van der Waals surface area contributed by atoms with Crippen LogP contribution in [0.15, 0.2) is 23.3 Å². The first kappa shape index (κ1) is 23.4. The van der Waals surface area contributed by atoms with E-state index in [1.807, 2.05) is 6.07 Å². The van der Waals surface area contributed by atoms with Crippen LogP contribution in [0, 0.1) is 5.92 Å². The van der Waals surface area contributed by atoms with E-state index >= 15 is 0 Å². The molecule has 2 N–H and O–H groups in total. The van der Waals surface area contributed by atoms with Crippen LogP contribution in [0.5, 0.6) is 0 Å². The molecule has 1 aromatic heterocycles. The van der Waals surface area contributed by atoms with Gasteiger partial charge in [-0.2, -0.15) is 0 Å². The summed E-state index contributed by atoms with van der Waals surface area (Å²) in [5.41, 5.74) is 1.11. The zero-order valence-corrected chi connectivity index (χ0v) is 19.0. The third kappa shape index (κ3) is 7.93. The van der Waals surface area contributed by atoms with Crippen LogP contribution in [0.25, 0.3) is 0 Å². The summed E-state index contributed by atoms with van der Waals surface area (Å²) in [5, 5.41) is 7.10. The van der Waals surface area contributed by atoms with Crippen LogP contribution >= 0.6 is 35.6 Å². The first-order valence-corrected chi connectivity index (χ1v) is 10.6. The summed E-state index contributed by atoms with van der Waals surface area (Å²) in [5.74, 6) is 1.21. The second kappa shape index (κ2) is 11.3. The largest absolute Gasteiger partial charge is 0.356 e. The third-order valence-electron chi connectivity index (χ3n) is 4.32. The van der Waals surface area contributed by atoms with Crippen LogP contribution in [0.4, 0.5) is 0 Å². The minimum absolute atomic E-state index is 0. The Morgan fingerprint density at radius 1 is 1.35 bits per heavy atom. The highest BCUT2D eigenvalue weighted by atomic mass is 127. The van der Waals surface area contributed by atoms with Crippen LogP contribution < -0.4 is 10.6 Å². The fourth-order valence-corrected chi connectivity index (χ4v) is 3.77. The van der Waals surface area contributed by atoms with E-state index in [9.17, 15) is 8.42 Å². The summed E-state index contributed by atoms with van der Waals surface area (Å²) in [7, 11) is -1.32. The number of hydrogen-bond donors (Lipinski definition) is 2. The van der Waals surface area contributed by atoms with E-state index in [0.29, 0.717) is 24.2 Å². The van der Waals surface area contributed by atoms with Crippen LogP contribution in [-0.4, -0.2) is 63.1 Å². The molecule has 1 aliphatic heterocycles. The first-order chi connectivity index (χ1) is 11.9. The second-order valence-corrected chi connectivity index (χ2v) is 8.59. The van der Waals surface area contributed by atoms with Crippen molar-refractivity contribution in [1.29, 1.82) is 0 Å². The summed E-state index contributed by atoms with van der Waals surface area (Å²) in [6.07, 6.45) is 5.61. The Hall–Kier alpha value is -0.650. The van der Waals surface area contributed by atoms with Crippen molar-refractivity contribution in [2.24, 2.45) is 10.9 Å². The van der Waals surface area contributed by atoms with Crippen LogP contribution in [0.2, 0.25) is 5.15 Å². The Balaban J connectivity index is 0.00000338. The zero-order valence-electron chi connectivity index (χ0n) is 15.1. The molecular formula is C16H27ClIN5O2S. The van der Waals surface area contributed by atoms with Gasteiger partial charge in [0.15, 0.2) is 5.96 Å². The maximum atomic E-state index is 11.5. The monoisotopic (exact) mass is 515 g/mol. The summed E-state index contributed by atoms with van der Waals surface area (Å²) in [4.78, 5) is 8.29. The molecular weight excluding hydrogens is 489 g/mol. The number of rotatable bonds is 6. The lowest BCUT2D eigenvalue weighted by molar-refractivity contribution is 0.275. The quantitative estimate of drug-likeness (QED) is 0.261. The van der Waals surface area contributed by atoms with Crippen molar-refractivity contribution in [2.75, 3.05) is 39.5 Å². The number of sulfonamides is 1. The van der Waals surface area contributed by atoms with Crippen molar-refractivity contribution in [3.8, 4) is 0 Å². The Morgan fingerprint density at radius 3 is 2.58 bits per heavy atom. The normalized spacial score (nSPS) is 16.8. The van der Waals surface area contributed by atoms with Gasteiger partial charge in [-0.05, 0) is 36.8 Å². The first-order valence-electron chi connectivity index (χ1n) is 8.38. The third-order valence-corrected chi connectivity index (χ3v) is 5.85. The predicted molar refractivity (Wildman–Crippen MR) is 117 cm³/mol. The van der Waals surface area contributed by atoms with Crippen molar-refractivity contribution in [3.63, 3.8) is 0 Å². The molecule has 0 spiro atoms. The Kier molecular flexibility index (Phi) is 10.1. The van der Waals surface area contributed by atoms with Gasteiger partial charge in [-0.3, -0.25) is 4.99 Å². The summed E-state index contributed by atoms with van der Waals surface area (Å²) >= 11 is 5.78. The van der Waals surface area contributed by atoms with Crippen LogP contribution in [0.3, 0.4) is 0 Å². The van der Waals surface area contributed by atoms with E-state index in [1.165, 1.54) is 6.26 Å². The topological polar surface area (TPSA) is 86.7 Å². The van der Waals surface area contributed by atoms with Crippen molar-refractivity contribution in [2.45, 2.75) is 19.3 Å². The number of nitrogens with one attached hydrogen (secondary N) is 2. The molecule has 0 amide bonds. The molecule has 26 heavy (non-hydrogen) atoms. The minimum Gasteiger partial charge on any atom is -0.356 e. The second-order valence-electron chi connectivity index (χ2n) is 6.22. The van der Waals surface area contributed by atoms with Gasteiger partial charge in [0.1, 0.15) is 5.15 Å². The van der Waals surface area contributed by atoms with Gasteiger partial charge in [0, 0.05) is 39.4 Å². The van der Waals surface area contributed by atoms with Crippen molar-refractivity contribution >= 4 is 51.6 Å². The molecule has 1 saturated heterocycles. The number of hydrogen-bond acceptors (Lipinski definition) is 4. The van der Waals surface area contributed by atoms with E-state index in [0.717, 1.165) is 43.9 Å². The SMILES string of the molecule is CN=C(NCCc1ccc(Cl)nc1)NCC1CCN(S(C)(=O)=O)CC1.I. The molecule has 0 bridgehead atoms. The maximum absolute atomic E-state index is 11.5. The number of guanidine groups is 1. The number of halogens is 2. The molecule has 2 heterocycles. The molecule has 7 nitrogen and oxygen atoms in total. The summed E-state index contributed by atoms with van der Waals surface area (Å²) < 4.78 is 24.6. The molecule has 0 aliphatic carbocycles. The average Bonchev–Trinajstić information content (AvgIpc) is 2.59. The standard InChI is InChI=1S/C16H26ClN5O2S.HI/c1-18-16(19-8-5-13-3-4-15(17)20-11-13)21-12-14-6-9-22(10-7-14)25(2,23)24;/h3-4,11,14H,5-10,12H2,1-2H3,(H2,18,19,21);1H. The van der Waals surface area contributed by atoms with Gasteiger partial charge in [0.25, 0.3) is 0 Å². The number of nitrogens with zero attached hydrogens (tertiary/aromatic N) is 3. The zero-order chi connectivity index (χ0) is 18.3. The molecule has 0 aromatic carbocycles. The minimum atomic E-state index is -3.06. The van der Waals surface area contributed by atoms with Gasteiger partial charge in [-0.25, -0.2) is 17.7 Å². The number of aliphatic imine (C=N–C) groups is 1. The van der Waals surface area contributed by atoms with E-state index < -0.39 is 10.0 Å². The molecule has 0 atom stereocenters. The van der Waals surface area contributed by atoms with Gasteiger partial charge in [-0.1, -0.05) is 17.7 Å². The van der Waals surface area contributed by atoms with Gasteiger partial charge < -0.3 is 10.6 Å². The van der Waals surface area contributed by atoms with Crippen molar-refractivity contribution < 1.29 is 8.42 Å². The molecule has 0 radical (unpaired) electrons. The van der Waals surface area contributed by atoms with Gasteiger partial charge in [-0.15, -0.1) is 24.0 Å². The average molecular weight is 516 g/mol. The summed E-state index contributed by atoms with van der Waals surface area (Å²) in [6.45, 7) is 2.73. The van der Waals surface area contributed by atoms with Crippen LogP contribution in [0.1, 0.15) is 18.4 Å².